The maximum absolute atomic E-state index is 11.9. The van der Waals surface area contributed by atoms with Crippen molar-refractivity contribution >= 4 is 11.6 Å². The molecule has 0 atom stereocenters. The molecule has 1 aliphatic heterocycles. The summed E-state index contributed by atoms with van der Waals surface area (Å²) in [5, 5.41) is 13.1. The van der Waals surface area contributed by atoms with Gasteiger partial charge in [0.1, 0.15) is 11.2 Å². The van der Waals surface area contributed by atoms with Crippen LogP contribution < -0.4 is 5.32 Å². The molecule has 1 aromatic heterocycles. The van der Waals surface area contributed by atoms with Crippen LogP contribution in [0.3, 0.4) is 0 Å². The lowest BCUT2D eigenvalue weighted by molar-refractivity contribution is -0.458. The van der Waals surface area contributed by atoms with Gasteiger partial charge in [0.05, 0.1) is 23.5 Å². The largest absolute Gasteiger partial charge is 0.432 e. The minimum atomic E-state index is -0.678. The summed E-state index contributed by atoms with van der Waals surface area (Å²) in [6.45, 7) is 0. The number of nitrogens with one attached hydrogen (secondary N) is 1. The first-order valence-electron chi connectivity index (χ1n) is 5.28. The Bertz CT molecular complexity index is 590. The Hall–Kier alpha value is -2.96. The number of carbonyl (C=O) groups is 1. The number of ether oxygens (including phenoxy) is 1. The van der Waals surface area contributed by atoms with E-state index in [2.05, 4.69) is 10.3 Å². The van der Waals surface area contributed by atoms with Crippen LogP contribution in [0.1, 0.15) is 0 Å². The zero-order valence-corrected chi connectivity index (χ0v) is 9.65. The Morgan fingerprint density at radius 2 is 2.32 bits per heavy atom. The maximum Gasteiger partial charge on any atom is 0.432 e. The number of amides is 1. The molecule has 2 heterocycles. The van der Waals surface area contributed by atoms with Crippen molar-refractivity contribution in [1.82, 2.24) is 4.98 Å². The molecule has 0 aliphatic carbocycles. The lowest BCUT2D eigenvalue weighted by atomic mass is 10.2. The molecule has 0 radical (unpaired) electrons. The van der Waals surface area contributed by atoms with Gasteiger partial charge in [-0.05, 0) is 18.2 Å². The Kier molecular flexibility index (Phi) is 3.67. The molecule has 0 unspecified atom stereocenters. The van der Waals surface area contributed by atoms with Crippen molar-refractivity contribution in [3.63, 3.8) is 0 Å². The van der Waals surface area contributed by atoms with Gasteiger partial charge in [0.25, 0.3) is 5.91 Å². The molecule has 0 saturated heterocycles. The van der Waals surface area contributed by atoms with Crippen molar-refractivity contribution in [2.24, 2.45) is 0 Å². The molecule has 1 N–H and O–H groups in total. The summed E-state index contributed by atoms with van der Waals surface area (Å²) < 4.78 is 4.80. The highest BCUT2D eigenvalue weighted by Gasteiger charge is 2.15. The Balaban J connectivity index is 2.08. The zero-order valence-electron chi connectivity index (χ0n) is 9.65. The summed E-state index contributed by atoms with van der Waals surface area (Å²) in [4.78, 5) is 25.6. The molecule has 1 amide bonds. The molecule has 1 aliphatic rings. The maximum atomic E-state index is 11.9. The van der Waals surface area contributed by atoms with Gasteiger partial charge in [-0.2, -0.15) is 0 Å². The van der Waals surface area contributed by atoms with Gasteiger partial charge in [0.15, 0.2) is 0 Å². The van der Waals surface area contributed by atoms with E-state index in [0.717, 1.165) is 6.26 Å². The van der Waals surface area contributed by atoms with Gasteiger partial charge in [0, 0.05) is 6.20 Å². The van der Waals surface area contributed by atoms with E-state index in [4.69, 9.17) is 4.74 Å². The molecule has 0 fully saturated rings. The number of hydrogen-bond donors (Lipinski definition) is 1. The zero-order chi connectivity index (χ0) is 13.7. The fourth-order valence-electron chi connectivity index (χ4n) is 1.31. The molecule has 0 spiro atoms. The second kappa shape index (κ2) is 5.58. The van der Waals surface area contributed by atoms with Crippen molar-refractivity contribution in [2.75, 3.05) is 5.32 Å². The van der Waals surface area contributed by atoms with E-state index in [1.54, 1.807) is 18.3 Å². The number of nitrogens with zero attached hydrogens (tertiary/aromatic N) is 2. The first kappa shape index (κ1) is 12.5. The average Bonchev–Trinajstić information content (AvgIpc) is 2.65. The third-order valence-electron chi connectivity index (χ3n) is 2.18. The smallest absolute Gasteiger partial charge is 0.408 e. The molecule has 19 heavy (non-hydrogen) atoms. The molecule has 96 valence electrons. The van der Waals surface area contributed by atoms with E-state index in [-0.39, 0.29) is 5.57 Å². The third-order valence-corrected chi connectivity index (χ3v) is 2.18. The summed E-state index contributed by atoms with van der Waals surface area (Å²) in [5.41, 5.74) is 0.686. The highest BCUT2D eigenvalue weighted by Crippen LogP contribution is 2.12. The topological polar surface area (TPSA) is 94.4 Å². The van der Waals surface area contributed by atoms with Crippen LogP contribution in [0.5, 0.6) is 0 Å². The molecule has 1 aromatic rings. The van der Waals surface area contributed by atoms with Crippen LogP contribution >= 0.6 is 0 Å². The normalized spacial score (nSPS) is 13.7. The molecule has 0 aromatic carbocycles. The summed E-state index contributed by atoms with van der Waals surface area (Å²) in [6.07, 6.45) is 8.06. The molecule has 7 nitrogen and oxygen atoms in total. The molecule has 0 bridgehead atoms. The molecular weight excluding hydrogens is 250 g/mol. The minimum absolute atomic E-state index is 0.164. The van der Waals surface area contributed by atoms with Gasteiger partial charge >= 0.3 is 5.88 Å². The second-order valence-electron chi connectivity index (χ2n) is 3.51. The van der Waals surface area contributed by atoms with E-state index in [1.165, 1.54) is 24.4 Å². The lowest BCUT2D eigenvalue weighted by Crippen LogP contribution is -2.13. The first-order chi connectivity index (χ1) is 9.16. The van der Waals surface area contributed by atoms with E-state index >= 15 is 0 Å². The van der Waals surface area contributed by atoms with Crippen LogP contribution in [0.4, 0.5) is 5.69 Å². The van der Waals surface area contributed by atoms with Crippen molar-refractivity contribution in [2.45, 2.75) is 0 Å². The average molecular weight is 259 g/mol. The van der Waals surface area contributed by atoms with Crippen LogP contribution in [0, 0.1) is 10.1 Å². The quantitative estimate of drug-likeness (QED) is 0.657. The molecule has 7 heteroatoms. The summed E-state index contributed by atoms with van der Waals surface area (Å²) in [7, 11) is 0. The number of rotatable bonds is 3. The van der Waals surface area contributed by atoms with Gasteiger partial charge in [-0.15, -0.1) is 0 Å². The fourth-order valence-corrected chi connectivity index (χ4v) is 1.31. The highest BCUT2D eigenvalue weighted by molar-refractivity contribution is 6.05. The Morgan fingerprint density at radius 3 is 3.00 bits per heavy atom. The number of nitro groups is 1. The first-order valence-corrected chi connectivity index (χ1v) is 5.28. The standard InChI is InChI=1S/C12H9N3O4/c16-12(14-10-4-2-6-13-7-10)9-3-1-5-11(15(17)18)19-8-9/h1-8H,(H,14,16). The Labute approximate surface area is 108 Å². The van der Waals surface area contributed by atoms with Crippen LogP contribution in [-0.4, -0.2) is 15.8 Å². The van der Waals surface area contributed by atoms with Crippen LogP contribution in [0.15, 0.2) is 60.5 Å². The second-order valence-corrected chi connectivity index (χ2v) is 3.51. The number of pyridine rings is 1. The van der Waals surface area contributed by atoms with Gasteiger partial charge in [-0.1, -0.05) is 6.08 Å². The van der Waals surface area contributed by atoms with E-state index < -0.39 is 16.7 Å². The number of aromatic nitrogens is 1. The number of carbonyl (C=O) groups excluding carboxylic acids is 1. The van der Waals surface area contributed by atoms with Crippen molar-refractivity contribution in [3.05, 3.63) is 70.6 Å². The summed E-state index contributed by atoms with van der Waals surface area (Å²) in [6, 6.07) is 3.35. The number of hydrogen-bond acceptors (Lipinski definition) is 5. The van der Waals surface area contributed by atoms with Gasteiger partial charge in [0.2, 0.25) is 0 Å². The Morgan fingerprint density at radius 1 is 1.47 bits per heavy atom. The molecular formula is C12H9N3O4. The SMILES string of the molecule is O=C(Nc1cccnc1)C1=COC([N+](=O)[O-])=CC=C1. The summed E-state index contributed by atoms with van der Waals surface area (Å²) >= 11 is 0. The number of anilines is 1. The van der Waals surface area contributed by atoms with Gasteiger partial charge in [-0.25, -0.2) is 0 Å². The van der Waals surface area contributed by atoms with E-state index in [1.807, 2.05) is 0 Å². The van der Waals surface area contributed by atoms with Crippen molar-refractivity contribution < 1.29 is 14.5 Å². The summed E-state index contributed by atoms with van der Waals surface area (Å²) in [5.74, 6) is -0.886. The fraction of sp³-hybridized carbons (Fsp3) is 0. The predicted molar refractivity (Wildman–Crippen MR) is 66.3 cm³/mol. The highest BCUT2D eigenvalue weighted by atomic mass is 16.7. The van der Waals surface area contributed by atoms with Gasteiger partial charge < -0.3 is 10.1 Å². The number of allylic oxidation sites excluding steroid dienone is 2. The molecule has 2 rings (SSSR count). The van der Waals surface area contributed by atoms with Crippen LogP contribution in [0.25, 0.3) is 0 Å². The predicted octanol–water partition coefficient (Wildman–Crippen LogP) is 1.61. The molecule has 0 saturated carbocycles. The van der Waals surface area contributed by atoms with Crippen LogP contribution in [-0.2, 0) is 9.53 Å². The third kappa shape index (κ3) is 3.25. The van der Waals surface area contributed by atoms with E-state index in [9.17, 15) is 14.9 Å². The monoisotopic (exact) mass is 259 g/mol. The van der Waals surface area contributed by atoms with E-state index in [0.29, 0.717) is 5.69 Å². The minimum Gasteiger partial charge on any atom is -0.408 e. The van der Waals surface area contributed by atoms with Crippen molar-refractivity contribution in [1.29, 1.82) is 0 Å². The van der Waals surface area contributed by atoms with Crippen LogP contribution in [0.2, 0.25) is 0 Å². The lowest BCUT2D eigenvalue weighted by Gasteiger charge is -2.04. The van der Waals surface area contributed by atoms with Gasteiger partial charge in [-0.3, -0.25) is 19.9 Å². The van der Waals surface area contributed by atoms with Crippen molar-refractivity contribution in [3.8, 4) is 0 Å².